The second-order valence-electron chi connectivity index (χ2n) is 4.52. The Morgan fingerprint density at radius 2 is 2.41 bits per heavy atom. The highest BCUT2D eigenvalue weighted by molar-refractivity contribution is 7.14. The van der Waals surface area contributed by atoms with Crippen LogP contribution in [0.4, 0.5) is 5.13 Å². The largest absolute Gasteiger partial charge is 0.464 e. The number of anilines is 1. The second-order valence-corrected chi connectivity index (χ2v) is 5.36. The van der Waals surface area contributed by atoms with E-state index in [0.717, 1.165) is 11.7 Å². The minimum atomic E-state index is -0.390. The Bertz CT molecular complexity index is 417. The third-order valence-electron chi connectivity index (χ3n) is 2.76. The molecule has 0 spiro atoms. The van der Waals surface area contributed by atoms with Gasteiger partial charge in [-0.25, -0.2) is 9.78 Å². The van der Waals surface area contributed by atoms with Gasteiger partial charge in [0, 0.05) is 11.9 Å². The lowest BCUT2D eigenvalue weighted by atomic mass is 10.0. The van der Waals surface area contributed by atoms with Crippen molar-refractivity contribution in [2.45, 2.75) is 19.4 Å². The third-order valence-corrected chi connectivity index (χ3v) is 3.63. The molecule has 1 fully saturated rings. The predicted molar refractivity (Wildman–Crippen MR) is 65.7 cm³/mol. The van der Waals surface area contributed by atoms with Gasteiger partial charge in [-0.05, 0) is 13.8 Å². The number of thiazole rings is 1. The highest BCUT2D eigenvalue weighted by Gasteiger charge is 2.32. The molecule has 0 radical (unpaired) electrons. The summed E-state index contributed by atoms with van der Waals surface area (Å²) in [6.45, 7) is 6.36. The topological polar surface area (TPSA) is 51.7 Å². The van der Waals surface area contributed by atoms with Gasteiger partial charge in [0.05, 0.1) is 25.9 Å². The van der Waals surface area contributed by atoms with Crippen LogP contribution in [-0.2, 0) is 9.47 Å². The molecule has 0 bridgehead atoms. The van der Waals surface area contributed by atoms with Crippen LogP contribution in [0.1, 0.15) is 24.3 Å². The molecule has 0 atom stereocenters. The summed E-state index contributed by atoms with van der Waals surface area (Å²) < 4.78 is 10.1. The molecule has 2 rings (SSSR count). The minimum absolute atomic E-state index is 0.0938. The lowest BCUT2D eigenvalue weighted by molar-refractivity contribution is 0.0592. The molecule has 1 aromatic heterocycles. The molecule has 0 aliphatic carbocycles. The van der Waals surface area contributed by atoms with Crippen molar-refractivity contribution in [3.63, 3.8) is 0 Å². The van der Waals surface area contributed by atoms with Gasteiger partial charge in [-0.1, -0.05) is 0 Å². The fourth-order valence-electron chi connectivity index (χ4n) is 1.80. The van der Waals surface area contributed by atoms with Gasteiger partial charge in [-0.2, -0.15) is 0 Å². The van der Waals surface area contributed by atoms with Crippen LogP contribution >= 0.6 is 11.3 Å². The maximum atomic E-state index is 11.3. The molecular formula is C11H16N2O3S. The van der Waals surface area contributed by atoms with Crippen LogP contribution in [0.3, 0.4) is 0 Å². The van der Waals surface area contributed by atoms with Crippen LogP contribution in [0.15, 0.2) is 5.38 Å². The van der Waals surface area contributed by atoms with Crippen LogP contribution in [0.2, 0.25) is 0 Å². The van der Waals surface area contributed by atoms with Gasteiger partial charge in [0.1, 0.15) is 0 Å². The first-order chi connectivity index (χ1) is 8.04. The molecule has 0 saturated carbocycles. The van der Waals surface area contributed by atoms with E-state index >= 15 is 0 Å². The minimum Gasteiger partial charge on any atom is -0.464 e. The summed E-state index contributed by atoms with van der Waals surface area (Å²) in [6, 6.07) is 0. The average Bonchev–Trinajstić information content (AvgIpc) is 2.76. The summed E-state index contributed by atoms with van der Waals surface area (Å²) in [4.78, 5) is 17.8. The standard InChI is InChI=1S/C11H16N2O3S/c1-11(2)7-16-5-4-13(11)10-12-8(6-17-10)9(14)15-3/h6H,4-5,7H2,1-3H3. The van der Waals surface area contributed by atoms with Crippen LogP contribution in [0, 0.1) is 0 Å². The van der Waals surface area contributed by atoms with Crippen molar-refractivity contribution >= 4 is 22.4 Å². The third kappa shape index (κ3) is 2.42. The molecule has 94 valence electrons. The van der Waals surface area contributed by atoms with E-state index in [2.05, 4.69) is 28.5 Å². The molecule has 0 aromatic carbocycles. The Labute approximate surface area is 104 Å². The molecule has 5 nitrogen and oxygen atoms in total. The SMILES string of the molecule is COC(=O)c1csc(N2CCOCC2(C)C)n1. The lowest BCUT2D eigenvalue weighted by Gasteiger charge is -2.41. The van der Waals surface area contributed by atoms with Crippen molar-refractivity contribution < 1.29 is 14.3 Å². The van der Waals surface area contributed by atoms with E-state index in [0.29, 0.717) is 18.9 Å². The first-order valence-electron chi connectivity index (χ1n) is 5.44. The van der Waals surface area contributed by atoms with Gasteiger partial charge in [-0.15, -0.1) is 11.3 Å². The van der Waals surface area contributed by atoms with E-state index in [1.807, 2.05) is 0 Å². The summed E-state index contributed by atoms with van der Waals surface area (Å²) in [5.41, 5.74) is 0.276. The fourth-order valence-corrected chi connectivity index (χ4v) is 2.78. The number of hydrogen-bond donors (Lipinski definition) is 0. The first kappa shape index (κ1) is 12.3. The lowest BCUT2D eigenvalue weighted by Crippen LogP contribution is -2.53. The molecule has 1 aromatic rings. The number of morpholine rings is 1. The molecule has 0 amide bonds. The van der Waals surface area contributed by atoms with Crippen LogP contribution in [0.5, 0.6) is 0 Å². The predicted octanol–water partition coefficient (Wildman–Crippen LogP) is 1.54. The fraction of sp³-hybridized carbons (Fsp3) is 0.636. The van der Waals surface area contributed by atoms with E-state index in [1.54, 1.807) is 5.38 Å². The number of esters is 1. The second kappa shape index (κ2) is 4.62. The molecule has 1 aliphatic heterocycles. The normalized spacial score (nSPS) is 19.1. The van der Waals surface area contributed by atoms with E-state index in [9.17, 15) is 4.79 Å². The Balaban J connectivity index is 2.21. The summed E-state index contributed by atoms with van der Waals surface area (Å²) in [7, 11) is 1.36. The molecule has 17 heavy (non-hydrogen) atoms. The zero-order valence-corrected chi connectivity index (χ0v) is 11.0. The Morgan fingerprint density at radius 1 is 1.65 bits per heavy atom. The van der Waals surface area contributed by atoms with Crippen LogP contribution in [-0.4, -0.2) is 43.4 Å². The van der Waals surface area contributed by atoms with Crippen LogP contribution in [0.25, 0.3) is 0 Å². The van der Waals surface area contributed by atoms with Crippen molar-refractivity contribution in [3.8, 4) is 0 Å². The first-order valence-corrected chi connectivity index (χ1v) is 6.32. The van der Waals surface area contributed by atoms with E-state index < -0.39 is 5.97 Å². The molecule has 1 aliphatic rings. The van der Waals surface area contributed by atoms with Crippen LogP contribution < -0.4 is 4.90 Å². The quantitative estimate of drug-likeness (QED) is 0.751. The number of aromatic nitrogens is 1. The molecule has 0 N–H and O–H groups in total. The number of hydrogen-bond acceptors (Lipinski definition) is 6. The maximum absolute atomic E-state index is 11.3. The van der Waals surface area contributed by atoms with Crippen molar-refractivity contribution in [3.05, 3.63) is 11.1 Å². The number of methoxy groups -OCH3 is 1. The number of nitrogens with zero attached hydrogens (tertiary/aromatic N) is 2. The molecule has 1 saturated heterocycles. The average molecular weight is 256 g/mol. The zero-order chi connectivity index (χ0) is 12.5. The van der Waals surface area contributed by atoms with Gasteiger partial charge < -0.3 is 14.4 Å². The van der Waals surface area contributed by atoms with Crippen molar-refractivity contribution in [1.82, 2.24) is 4.98 Å². The van der Waals surface area contributed by atoms with Gasteiger partial charge in [0.15, 0.2) is 10.8 Å². The molecular weight excluding hydrogens is 240 g/mol. The van der Waals surface area contributed by atoms with E-state index in [-0.39, 0.29) is 5.54 Å². The molecule has 0 unspecified atom stereocenters. The van der Waals surface area contributed by atoms with Crippen molar-refractivity contribution in [2.24, 2.45) is 0 Å². The molecule has 6 heteroatoms. The number of ether oxygens (including phenoxy) is 2. The maximum Gasteiger partial charge on any atom is 0.357 e. The van der Waals surface area contributed by atoms with Gasteiger partial charge in [-0.3, -0.25) is 0 Å². The summed E-state index contributed by atoms with van der Waals surface area (Å²) in [5.74, 6) is -0.390. The van der Waals surface area contributed by atoms with Gasteiger partial charge in [0.25, 0.3) is 0 Å². The van der Waals surface area contributed by atoms with Crippen molar-refractivity contribution in [2.75, 3.05) is 31.8 Å². The van der Waals surface area contributed by atoms with E-state index in [1.165, 1.54) is 18.4 Å². The van der Waals surface area contributed by atoms with Gasteiger partial charge >= 0.3 is 5.97 Å². The number of rotatable bonds is 2. The molecule has 2 heterocycles. The highest BCUT2D eigenvalue weighted by Crippen LogP contribution is 2.29. The summed E-state index contributed by atoms with van der Waals surface area (Å²) in [5, 5.41) is 2.57. The summed E-state index contributed by atoms with van der Waals surface area (Å²) >= 11 is 1.46. The highest BCUT2D eigenvalue weighted by atomic mass is 32.1. The Morgan fingerprint density at radius 3 is 3.06 bits per heavy atom. The van der Waals surface area contributed by atoms with E-state index in [4.69, 9.17) is 4.74 Å². The summed E-state index contributed by atoms with van der Waals surface area (Å²) in [6.07, 6.45) is 0. The van der Waals surface area contributed by atoms with Gasteiger partial charge in [0.2, 0.25) is 0 Å². The smallest absolute Gasteiger partial charge is 0.357 e. The number of carbonyl (C=O) groups is 1. The Hall–Kier alpha value is -1.14. The monoisotopic (exact) mass is 256 g/mol. The zero-order valence-electron chi connectivity index (χ0n) is 10.2. The number of carbonyl (C=O) groups excluding carboxylic acids is 1. The Kier molecular flexibility index (Phi) is 3.35. The van der Waals surface area contributed by atoms with Crippen molar-refractivity contribution in [1.29, 1.82) is 0 Å².